The van der Waals surface area contributed by atoms with Crippen LogP contribution >= 0.6 is 23.8 Å². The second kappa shape index (κ2) is 4.95. The normalized spacial score (nSPS) is 16.5. The van der Waals surface area contributed by atoms with E-state index in [1.54, 1.807) is 0 Å². The lowest BCUT2D eigenvalue weighted by atomic mass is 10.1. The molecule has 0 bridgehead atoms. The van der Waals surface area contributed by atoms with Crippen molar-refractivity contribution in [3.05, 3.63) is 34.9 Å². The number of halogens is 1. The van der Waals surface area contributed by atoms with Gasteiger partial charge in [0.2, 0.25) is 0 Å². The third-order valence-electron chi connectivity index (χ3n) is 2.75. The summed E-state index contributed by atoms with van der Waals surface area (Å²) < 4.78 is 0. The second-order valence-electron chi connectivity index (χ2n) is 3.83. The molecule has 2 rings (SSSR count). The zero-order valence-corrected chi connectivity index (χ0v) is 10.2. The molecule has 1 aromatic rings. The van der Waals surface area contributed by atoms with E-state index in [0.29, 0.717) is 0 Å². The van der Waals surface area contributed by atoms with E-state index in [4.69, 9.17) is 23.8 Å². The Morgan fingerprint density at radius 1 is 1.13 bits per heavy atom. The minimum absolute atomic E-state index is 0.757. The first-order chi connectivity index (χ1) is 7.29. The average molecular weight is 240 g/mol. The number of benzene rings is 1. The summed E-state index contributed by atoms with van der Waals surface area (Å²) in [5.74, 6) is 0. The number of hydrogen-bond donors (Lipinski definition) is 0. The minimum Gasteiger partial charge on any atom is -0.362 e. The molecule has 0 spiro atoms. The van der Waals surface area contributed by atoms with Crippen LogP contribution < -0.4 is 0 Å². The standard InChI is InChI=1S/C12H14ClNS/c13-11-7-3-2-6-10(11)12(15)14-8-4-1-5-9-14/h2-3,6-7H,1,4-5,8-9H2. The number of hydrogen-bond acceptors (Lipinski definition) is 1. The molecular weight excluding hydrogens is 226 g/mol. The molecule has 1 aromatic carbocycles. The van der Waals surface area contributed by atoms with Crippen LogP contribution in [0.1, 0.15) is 24.8 Å². The van der Waals surface area contributed by atoms with Crippen molar-refractivity contribution in [2.45, 2.75) is 19.3 Å². The molecule has 3 heteroatoms. The van der Waals surface area contributed by atoms with E-state index in [1.807, 2.05) is 24.3 Å². The van der Waals surface area contributed by atoms with Crippen LogP contribution in [-0.4, -0.2) is 23.0 Å². The first-order valence-electron chi connectivity index (χ1n) is 5.33. The highest BCUT2D eigenvalue weighted by molar-refractivity contribution is 7.80. The summed E-state index contributed by atoms with van der Waals surface area (Å²) in [7, 11) is 0. The number of piperidine rings is 1. The van der Waals surface area contributed by atoms with Gasteiger partial charge in [0.05, 0.1) is 5.02 Å². The number of thiocarbonyl (C=S) groups is 1. The van der Waals surface area contributed by atoms with E-state index in [1.165, 1.54) is 19.3 Å². The Morgan fingerprint density at radius 3 is 2.47 bits per heavy atom. The van der Waals surface area contributed by atoms with Crippen molar-refractivity contribution in [1.82, 2.24) is 4.90 Å². The Hall–Kier alpha value is -0.600. The minimum atomic E-state index is 0.757. The molecule has 1 aliphatic rings. The maximum Gasteiger partial charge on any atom is 0.110 e. The third-order valence-corrected chi connectivity index (χ3v) is 3.56. The van der Waals surface area contributed by atoms with Crippen molar-refractivity contribution >= 4 is 28.8 Å². The van der Waals surface area contributed by atoms with Gasteiger partial charge in [-0.25, -0.2) is 0 Å². The van der Waals surface area contributed by atoms with Crippen molar-refractivity contribution in [2.24, 2.45) is 0 Å². The van der Waals surface area contributed by atoms with E-state index >= 15 is 0 Å². The van der Waals surface area contributed by atoms with Gasteiger partial charge in [-0.2, -0.15) is 0 Å². The fraction of sp³-hybridized carbons (Fsp3) is 0.417. The van der Waals surface area contributed by atoms with Crippen LogP contribution in [0.4, 0.5) is 0 Å². The molecule has 0 N–H and O–H groups in total. The van der Waals surface area contributed by atoms with E-state index in [-0.39, 0.29) is 0 Å². The number of nitrogens with zero attached hydrogens (tertiary/aromatic N) is 1. The van der Waals surface area contributed by atoms with Gasteiger partial charge in [0.25, 0.3) is 0 Å². The zero-order chi connectivity index (χ0) is 10.7. The van der Waals surface area contributed by atoms with Gasteiger partial charge in [-0.1, -0.05) is 42.0 Å². The highest BCUT2D eigenvalue weighted by Crippen LogP contribution is 2.20. The first kappa shape index (κ1) is 10.9. The summed E-state index contributed by atoms with van der Waals surface area (Å²) in [5, 5.41) is 0.757. The molecule has 1 fully saturated rings. The van der Waals surface area contributed by atoms with Gasteiger partial charge in [0, 0.05) is 18.7 Å². The molecule has 0 amide bonds. The molecule has 1 heterocycles. The molecule has 0 unspecified atom stereocenters. The van der Waals surface area contributed by atoms with Crippen LogP contribution in [0.15, 0.2) is 24.3 Å². The predicted molar refractivity (Wildman–Crippen MR) is 68.6 cm³/mol. The molecule has 1 aliphatic heterocycles. The maximum atomic E-state index is 6.12. The predicted octanol–water partition coefficient (Wildman–Crippen LogP) is 3.50. The van der Waals surface area contributed by atoms with E-state index < -0.39 is 0 Å². The molecule has 0 radical (unpaired) electrons. The van der Waals surface area contributed by atoms with Crippen LogP contribution in [0.3, 0.4) is 0 Å². The molecule has 0 saturated carbocycles. The van der Waals surface area contributed by atoms with Gasteiger partial charge in [0.15, 0.2) is 0 Å². The number of rotatable bonds is 1. The second-order valence-corrected chi connectivity index (χ2v) is 4.63. The SMILES string of the molecule is S=C(c1ccccc1Cl)N1CCCCC1. The summed E-state index contributed by atoms with van der Waals surface area (Å²) in [6.07, 6.45) is 3.80. The molecule has 0 atom stereocenters. The van der Waals surface area contributed by atoms with Gasteiger partial charge >= 0.3 is 0 Å². The highest BCUT2D eigenvalue weighted by atomic mass is 35.5. The fourth-order valence-corrected chi connectivity index (χ4v) is 2.54. The van der Waals surface area contributed by atoms with Crippen molar-refractivity contribution < 1.29 is 0 Å². The van der Waals surface area contributed by atoms with E-state index in [0.717, 1.165) is 28.7 Å². The molecule has 1 saturated heterocycles. The Morgan fingerprint density at radius 2 is 1.80 bits per heavy atom. The highest BCUT2D eigenvalue weighted by Gasteiger charge is 2.16. The topological polar surface area (TPSA) is 3.24 Å². The lowest BCUT2D eigenvalue weighted by molar-refractivity contribution is 0.347. The van der Waals surface area contributed by atoms with Crippen molar-refractivity contribution in [3.63, 3.8) is 0 Å². The average Bonchev–Trinajstić information content (AvgIpc) is 2.30. The first-order valence-corrected chi connectivity index (χ1v) is 6.11. The van der Waals surface area contributed by atoms with Crippen LogP contribution in [0.25, 0.3) is 0 Å². The molecule has 0 aromatic heterocycles. The Labute approximate surface area is 101 Å². The summed E-state index contributed by atoms with van der Waals surface area (Å²) in [5.41, 5.74) is 0.996. The van der Waals surface area contributed by atoms with Crippen LogP contribution in [-0.2, 0) is 0 Å². The van der Waals surface area contributed by atoms with Gasteiger partial charge in [-0.3, -0.25) is 0 Å². The summed E-state index contributed by atoms with van der Waals surface area (Å²) in [6, 6.07) is 7.81. The van der Waals surface area contributed by atoms with Crippen LogP contribution in [0.2, 0.25) is 5.02 Å². The molecule has 15 heavy (non-hydrogen) atoms. The number of likely N-dealkylation sites (tertiary alicyclic amines) is 1. The van der Waals surface area contributed by atoms with Gasteiger partial charge in [-0.05, 0) is 25.3 Å². The Bertz CT molecular complexity index is 358. The summed E-state index contributed by atoms with van der Waals surface area (Å²) in [4.78, 5) is 3.17. The maximum absolute atomic E-state index is 6.12. The Balaban J connectivity index is 2.16. The van der Waals surface area contributed by atoms with Crippen molar-refractivity contribution in [2.75, 3.05) is 13.1 Å². The molecular formula is C12H14ClNS. The van der Waals surface area contributed by atoms with Gasteiger partial charge < -0.3 is 4.90 Å². The Kier molecular flexibility index (Phi) is 3.60. The van der Waals surface area contributed by atoms with Gasteiger partial charge in [-0.15, -0.1) is 0 Å². The van der Waals surface area contributed by atoms with Crippen molar-refractivity contribution in [3.8, 4) is 0 Å². The summed E-state index contributed by atoms with van der Waals surface area (Å²) in [6.45, 7) is 2.15. The molecule has 0 aliphatic carbocycles. The fourth-order valence-electron chi connectivity index (χ4n) is 1.90. The lowest BCUT2D eigenvalue weighted by Crippen LogP contribution is -2.35. The molecule has 1 nitrogen and oxygen atoms in total. The monoisotopic (exact) mass is 239 g/mol. The van der Waals surface area contributed by atoms with E-state index in [2.05, 4.69) is 4.90 Å². The van der Waals surface area contributed by atoms with Crippen LogP contribution in [0.5, 0.6) is 0 Å². The molecule has 80 valence electrons. The van der Waals surface area contributed by atoms with Crippen molar-refractivity contribution in [1.29, 1.82) is 0 Å². The largest absolute Gasteiger partial charge is 0.362 e. The lowest BCUT2D eigenvalue weighted by Gasteiger charge is -2.29. The summed E-state index contributed by atoms with van der Waals surface area (Å²) >= 11 is 11.6. The van der Waals surface area contributed by atoms with Gasteiger partial charge in [0.1, 0.15) is 4.99 Å². The smallest absolute Gasteiger partial charge is 0.110 e. The quantitative estimate of drug-likeness (QED) is 0.690. The zero-order valence-electron chi connectivity index (χ0n) is 8.58. The van der Waals surface area contributed by atoms with E-state index in [9.17, 15) is 0 Å². The third kappa shape index (κ3) is 2.50. The van der Waals surface area contributed by atoms with Crippen LogP contribution in [0, 0.1) is 0 Å².